The number of pyridine rings is 2. The van der Waals surface area contributed by atoms with Crippen molar-refractivity contribution in [2.45, 2.75) is 12.8 Å². The first-order valence-corrected chi connectivity index (χ1v) is 16.7. The summed E-state index contributed by atoms with van der Waals surface area (Å²) >= 11 is 0. The molecule has 0 amide bonds. The van der Waals surface area contributed by atoms with Gasteiger partial charge in [0.05, 0.1) is 34.9 Å². The summed E-state index contributed by atoms with van der Waals surface area (Å²) in [5.41, 5.74) is 4.14. The molecule has 0 saturated heterocycles. The summed E-state index contributed by atoms with van der Waals surface area (Å²) in [7, 11) is 0. The van der Waals surface area contributed by atoms with Crippen molar-refractivity contribution in [3.63, 3.8) is 0 Å². The predicted octanol–water partition coefficient (Wildman–Crippen LogP) is 6.64. The first kappa shape index (κ1) is 29.7. The van der Waals surface area contributed by atoms with Gasteiger partial charge in [-0.2, -0.15) is 0 Å². The minimum absolute atomic E-state index is 0.0336. The van der Waals surface area contributed by atoms with Crippen molar-refractivity contribution in [3.05, 3.63) is 153 Å². The molecule has 6 aromatic carbocycles. The molecule has 52 heavy (non-hydrogen) atoms. The van der Waals surface area contributed by atoms with Gasteiger partial charge in [0.2, 0.25) is 0 Å². The van der Waals surface area contributed by atoms with Crippen LogP contribution in [0, 0.1) is 0 Å². The number of aromatic nitrogens is 4. The van der Waals surface area contributed by atoms with Crippen molar-refractivity contribution in [2.24, 2.45) is 0 Å². The number of para-hydroxylation sites is 2. The maximum absolute atomic E-state index is 14.2. The zero-order chi connectivity index (χ0) is 35.1. The molecule has 4 heterocycles. The van der Waals surface area contributed by atoms with Crippen molar-refractivity contribution in [1.29, 1.82) is 0 Å². The fourth-order valence-electron chi connectivity index (χ4n) is 7.36. The Morgan fingerprint density at radius 1 is 0.500 bits per heavy atom. The van der Waals surface area contributed by atoms with E-state index in [-0.39, 0.29) is 24.0 Å². The molecule has 0 N–H and O–H groups in total. The number of carbonyl (C=O) groups excluding carboxylic acids is 2. The Kier molecular flexibility index (Phi) is 6.37. The monoisotopic (exact) mass is 680 g/mol. The number of ether oxygens (including phenoxy) is 2. The topological polar surface area (TPSA) is 121 Å². The van der Waals surface area contributed by atoms with E-state index in [4.69, 9.17) is 19.4 Å². The molecular formula is C42H24N4O6. The largest absolute Gasteiger partial charge is 0.426 e. The van der Waals surface area contributed by atoms with Gasteiger partial charge in [-0.05, 0) is 83.9 Å². The summed E-state index contributed by atoms with van der Waals surface area (Å²) in [4.78, 5) is 63.5. The zero-order valence-corrected chi connectivity index (χ0v) is 27.2. The van der Waals surface area contributed by atoms with Crippen LogP contribution in [0.5, 0.6) is 11.5 Å². The van der Waals surface area contributed by atoms with Crippen LogP contribution in [0.25, 0.3) is 65.7 Å². The molecule has 10 rings (SSSR count). The van der Waals surface area contributed by atoms with Crippen LogP contribution >= 0.6 is 0 Å². The highest BCUT2D eigenvalue weighted by atomic mass is 16.5. The highest BCUT2D eigenvalue weighted by molar-refractivity contribution is 6.27. The van der Waals surface area contributed by atoms with Crippen LogP contribution in [-0.2, 0) is 22.4 Å². The second-order valence-electron chi connectivity index (χ2n) is 12.8. The molecule has 10 aromatic rings. The van der Waals surface area contributed by atoms with Crippen LogP contribution in [0.1, 0.15) is 11.1 Å². The summed E-state index contributed by atoms with van der Waals surface area (Å²) in [5, 5.41) is 3.63. The van der Waals surface area contributed by atoms with Gasteiger partial charge in [0.1, 0.15) is 22.8 Å². The number of hydrogen-bond donors (Lipinski definition) is 0. The first-order valence-electron chi connectivity index (χ1n) is 16.7. The Labute approximate surface area is 292 Å². The van der Waals surface area contributed by atoms with Crippen LogP contribution in [0.2, 0.25) is 0 Å². The smallest absolute Gasteiger partial charge is 0.315 e. The summed E-state index contributed by atoms with van der Waals surface area (Å²) < 4.78 is 14.1. The van der Waals surface area contributed by atoms with E-state index in [2.05, 4.69) is 0 Å². The van der Waals surface area contributed by atoms with E-state index in [0.29, 0.717) is 88.3 Å². The maximum Gasteiger partial charge on any atom is 0.315 e. The Morgan fingerprint density at radius 2 is 0.904 bits per heavy atom. The Hall–Kier alpha value is -7.20. The Balaban J connectivity index is 1.09. The van der Waals surface area contributed by atoms with Crippen molar-refractivity contribution >= 4 is 77.6 Å². The molecule has 4 aromatic heterocycles. The molecule has 0 aliphatic rings. The zero-order valence-electron chi connectivity index (χ0n) is 27.2. The second kappa shape index (κ2) is 11.2. The van der Waals surface area contributed by atoms with E-state index < -0.39 is 11.9 Å². The molecule has 0 saturated carbocycles. The van der Waals surface area contributed by atoms with Gasteiger partial charge in [0.15, 0.2) is 0 Å². The molecule has 10 nitrogen and oxygen atoms in total. The Morgan fingerprint density at radius 3 is 1.33 bits per heavy atom. The molecule has 0 atom stereocenters. The van der Waals surface area contributed by atoms with E-state index in [0.717, 1.165) is 0 Å². The van der Waals surface area contributed by atoms with E-state index in [9.17, 15) is 19.2 Å². The van der Waals surface area contributed by atoms with Crippen molar-refractivity contribution < 1.29 is 19.1 Å². The summed E-state index contributed by atoms with van der Waals surface area (Å²) in [6.45, 7) is 0. The maximum atomic E-state index is 14.2. The summed E-state index contributed by atoms with van der Waals surface area (Å²) in [6.07, 6.45) is 0.0672. The normalized spacial score (nSPS) is 11.9. The SMILES string of the molecule is O=C(Cc1ccc2c(c1)nc1c3ccc4c5c(ccc(c(=O)n21)c35)c(=O)n1c2ccc(CC(=O)Oc3ccccc3)cc2nc41)Oc1ccccc1. The lowest BCUT2D eigenvalue weighted by molar-refractivity contribution is -0.134. The molecule has 0 radical (unpaired) electrons. The highest BCUT2D eigenvalue weighted by Crippen LogP contribution is 2.37. The number of benzene rings is 6. The number of fused-ring (bicyclic) bond motifs is 8. The van der Waals surface area contributed by atoms with Crippen molar-refractivity contribution in [1.82, 2.24) is 18.8 Å². The molecule has 10 heteroatoms. The molecule has 0 spiro atoms. The summed E-state index contributed by atoms with van der Waals surface area (Å²) in [6, 6.07) is 35.8. The van der Waals surface area contributed by atoms with Gasteiger partial charge in [-0.15, -0.1) is 0 Å². The van der Waals surface area contributed by atoms with E-state index in [1.807, 2.05) is 24.3 Å². The number of carbonyl (C=O) groups is 2. The third kappa shape index (κ3) is 4.51. The van der Waals surface area contributed by atoms with Crippen LogP contribution in [0.4, 0.5) is 0 Å². The lowest BCUT2D eigenvalue weighted by atomic mass is 9.96. The number of imidazole rings is 2. The van der Waals surface area contributed by atoms with Crippen LogP contribution in [-0.4, -0.2) is 30.7 Å². The molecule has 0 aliphatic carbocycles. The molecule has 0 bridgehead atoms. The summed E-state index contributed by atoms with van der Waals surface area (Å²) in [5.74, 6) is 0.119. The minimum Gasteiger partial charge on any atom is -0.426 e. The van der Waals surface area contributed by atoms with Gasteiger partial charge >= 0.3 is 11.9 Å². The molecule has 0 aliphatic heterocycles. The van der Waals surface area contributed by atoms with Gasteiger partial charge in [0, 0.05) is 32.3 Å². The third-order valence-corrected chi connectivity index (χ3v) is 9.59. The van der Waals surface area contributed by atoms with Crippen LogP contribution in [0.15, 0.2) is 131 Å². The van der Waals surface area contributed by atoms with Gasteiger partial charge in [-0.1, -0.05) is 48.5 Å². The number of esters is 2. The standard InChI is InChI=1S/C42H24N4O6/c47-35(51-25-7-3-1-4-8-25)21-23-11-17-33-31(19-23)43-39-27-13-14-28-38-30(16-15-29(37(27)38)41(49)45(33)39)42(50)46-34-18-12-24(20-32(34)44-40(28)46)22-36(48)52-26-9-5-2-6-10-26/h1-20H,21-22H2. The number of rotatable bonds is 6. The third-order valence-electron chi connectivity index (χ3n) is 9.59. The predicted molar refractivity (Wildman–Crippen MR) is 198 cm³/mol. The van der Waals surface area contributed by atoms with Crippen molar-refractivity contribution in [2.75, 3.05) is 0 Å². The average molecular weight is 681 g/mol. The van der Waals surface area contributed by atoms with Gasteiger partial charge < -0.3 is 9.47 Å². The Bertz CT molecular complexity index is 2990. The minimum atomic E-state index is -0.408. The van der Waals surface area contributed by atoms with Gasteiger partial charge in [-0.25, -0.2) is 9.97 Å². The molecule has 248 valence electrons. The van der Waals surface area contributed by atoms with Crippen LogP contribution in [0.3, 0.4) is 0 Å². The first-order chi connectivity index (χ1) is 25.4. The fourth-order valence-corrected chi connectivity index (χ4v) is 7.36. The van der Waals surface area contributed by atoms with Gasteiger partial charge in [0.25, 0.3) is 11.1 Å². The van der Waals surface area contributed by atoms with Crippen molar-refractivity contribution in [3.8, 4) is 11.5 Å². The molecule has 0 unspecified atom stereocenters. The quantitative estimate of drug-likeness (QED) is 0.109. The lowest BCUT2D eigenvalue weighted by Gasteiger charge is -2.12. The number of hydrogen-bond acceptors (Lipinski definition) is 8. The average Bonchev–Trinajstić information content (AvgIpc) is 3.72. The fraction of sp³-hybridized carbons (Fsp3) is 0.0476. The lowest BCUT2D eigenvalue weighted by Crippen LogP contribution is -2.16. The molecule has 0 fully saturated rings. The molecular weight excluding hydrogens is 656 g/mol. The highest BCUT2D eigenvalue weighted by Gasteiger charge is 2.23. The number of nitrogens with zero attached hydrogens (tertiary/aromatic N) is 4. The van der Waals surface area contributed by atoms with E-state index in [1.54, 1.807) is 106 Å². The van der Waals surface area contributed by atoms with Gasteiger partial charge in [-0.3, -0.25) is 28.0 Å². The second-order valence-corrected chi connectivity index (χ2v) is 12.8. The van der Waals surface area contributed by atoms with Crippen LogP contribution < -0.4 is 20.6 Å². The van der Waals surface area contributed by atoms with E-state index in [1.165, 1.54) is 0 Å². The van der Waals surface area contributed by atoms with E-state index >= 15 is 0 Å².